The molecule has 2 unspecified atom stereocenters. The van der Waals surface area contributed by atoms with Gasteiger partial charge in [0.1, 0.15) is 5.82 Å². The number of pyridine rings is 1. The topological polar surface area (TPSA) is 51.4 Å². The summed E-state index contributed by atoms with van der Waals surface area (Å²) in [5, 5.41) is 0. The van der Waals surface area contributed by atoms with Gasteiger partial charge in [0.2, 0.25) is 0 Å². The molecule has 2 atom stereocenters. The number of rotatable bonds is 3. The van der Waals surface area contributed by atoms with Gasteiger partial charge >= 0.3 is 0 Å². The molecule has 0 aromatic carbocycles. The molecule has 0 spiro atoms. The first-order valence-corrected chi connectivity index (χ1v) is 5.84. The Kier molecular flexibility index (Phi) is 4.04. The number of ether oxygens (including phenoxy) is 1. The number of halogens is 1. The lowest BCUT2D eigenvalue weighted by molar-refractivity contribution is -0.0403. The smallest absolute Gasteiger partial charge is 0.141 e. The maximum Gasteiger partial charge on any atom is 0.141 e. The van der Waals surface area contributed by atoms with Gasteiger partial charge in [-0.3, -0.25) is 9.88 Å². The minimum atomic E-state index is -0.292. The van der Waals surface area contributed by atoms with Gasteiger partial charge in [-0.15, -0.1) is 0 Å². The van der Waals surface area contributed by atoms with E-state index in [1.54, 1.807) is 6.20 Å². The monoisotopic (exact) mass is 239 g/mol. The van der Waals surface area contributed by atoms with Gasteiger partial charge in [0.15, 0.2) is 0 Å². The Bertz CT molecular complexity index is 373. The van der Waals surface area contributed by atoms with Crippen LogP contribution in [-0.2, 0) is 11.3 Å². The molecule has 2 N–H and O–H groups in total. The van der Waals surface area contributed by atoms with Gasteiger partial charge in [-0.2, -0.15) is 0 Å². The third kappa shape index (κ3) is 3.46. The zero-order valence-corrected chi connectivity index (χ0v) is 9.97. The lowest BCUT2D eigenvalue weighted by atomic mass is 10.1. The Morgan fingerprint density at radius 3 is 3.18 bits per heavy atom. The van der Waals surface area contributed by atoms with E-state index in [1.807, 2.05) is 6.92 Å². The second-order valence-electron chi connectivity index (χ2n) is 4.51. The highest BCUT2D eigenvalue weighted by atomic mass is 19.1. The first-order chi connectivity index (χ1) is 8.15. The van der Waals surface area contributed by atoms with Crippen LogP contribution in [0.3, 0.4) is 0 Å². The molecule has 5 heteroatoms. The van der Waals surface area contributed by atoms with E-state index < -0.39 is 0 Å². The molecule has 2 rings (SSSR count). The summed E-state index contributed by atoms with van der Waals surface area (Å²) in [6, 6.07) is 1.53. The fraction of sp³-hybridized carbons (Fsp3) is 0.583. The van der Waals surface area contributed by atoms with Crippen LogP contribution >= 0.6 is 0 Å². The van der Waals surface area contributed by atoms with Crippen molar-refractivity contribution in [1.29, 1.82) is 0 Å². The molecule has 1 aliphatic rings. The maximum absolute atomic E-state index is 13.0. The molecular weight excluding hydrogens is 221 g/mol. The van der Waals surface area contributed by atoms with Crippen molar-refractivity contribution in [1.82, 2.24) is 9.88 Å². The van der Waals surface area contributed by atoms with Crippen LogP contribution in [0.15, 0.2) is 18.5 Å². The molecule has 1 aromatic rings. The molecular formula is C12H18FN3O. The third-order valence-corrected chi connectivity index (χ3v) is 2.93. The molecule has 0 aliphatic carbocycles. The maximum atomic E-state index is 13.0. The van der Waals surface area contributed by atoms with Crippen LogP contribution in [0.1, 0.15) is 12.5 Å². The van der Waals surface area contributed by atoms with Crippen LogP contribution < -0.4 is 5.73 Å². The summed E-state index contributed by atoms with van der Waals surface area (Å²) in [6.07, 6.45) is 2.97. The number of morpholine rings is 1. The highest BCUT2D eigenvalue weighted by Crippen LogP contribution is 2.12. The van der Waals surface area contributed by atoms with Crippen molar-refractivity contribution >= 4 is 0 Å². The minimum absolute atomic E-state index is 0.0171. The molecule has 94 valence electrons. The molecule has 1 saturated heterocycles. The summed E-state index contributed by atoms with van der Waals surface area (Å²) >= 11 is 0. The van der Waals surface area contributed by atoms with Crippen molar-refractivity contribution in [2.75, 3.05) is 19.7 Å². The predicted molar refractivity (Wildman–Crippen MR) is 62.9 cm³/mol. The van der Waals surface area contributed by atoms with Crippen LogP contribution in [0.25, 0.3) is 0 Å². The van der Waals surface area contributed by atoms with Crippen LogP contribution in [0.4, 0.5) is 4.39 Å². The number of aromatic nitrogens is 1. The van der Waals surface area contributed by atoms with Gasteiger partial charge in [-0.05, 0) is 18.6 Å². The number of hydrogen-bond acceptors (Lipinski definition) is 4. The predicted octanol–water partition coefficient (Wildman–Crippen LogP) is 0.769. The normalized spacial score (nSPS) is 23.6. The van der Waals surface area contributed by atoms with Crippen LogP contribution in [0.5, 0.6) is 0 Å². The number of nitrogens with zero attached hydrogens (tertiary/aromatic N) is 2. The molecule has 1 aliphatic heterocycles. The van der Waals surface area contributed by atoms with Crippen molar-refractivity contribution in [3.63, 3.8) is 0 Å². The second-order valence-corrected chi connectivity index (χ2v) is 4.51. The van der Waals surface area contributed by atoms with Crippen LogP contribution in [0, 0.1) is 5.82 Å². The molecule has 2 heterocycles. The van der Waals surface area contributed by atoms with Crippen molar-refractivity contribution < 1.29 is 9.13 Å². The van der Waals surface area contributed by atoms with E-state index in [4.69, 9.17) is 10.5 Å². The van der Waals surface area contributed by atoms with Gasteiger partial charge in [-0.25, -0.2) is 4.39 Å². The number of hydrogen-bond donors (Lipinski definition) is 1. The standard InChI is InChI=1S/C12H18FN3O/c1-9(14)12-8-16(2-3-17-12)7-10-4-11(13)6-15-5-10/h4-6,9,12H,2-3,7-8,14H2,1H3. The summed E-state index contributed by atoms with van der Waals surface area (Å²) in [7, 11) is 0. The van der Waals surface area contributed by atoms with E-state index in [-0.39, 0.29) is 18.0 Å². The van der Waals surface area contributed by atoms with E-state index in [0.29, 0.717) is 13.2 Å². The minimum Gasteiger partial charge on any atom is -0.374 e. The fourth-order valence-corrected chi connectivity index (χ4v) is 1.99. The van der Waals surface area contributed by atoms with Gasteiger partial charge in [0.05, 0.1) is 18.9 Å². The second kappa shape index (κ2) is 5.53. The Morgan fingerprint density at radius 2 is 2.47 bits per heavy atom. The van der Waals surface area contributed by atoms with Crippen molar-refractivity contribution in [2.45, 2.75) is 25.6 Å². The van der Waals surface area contributed by atoms with Gasteiger partial charge in [0.25, 0.3) is 0 Å². The molecule has 1 fully saturated rings. The fourth-order valence-electron chi connectivity index (χ4n) is 1.99. The Hall–Kier alpha value is -1.04. The highest BCUT2D eigenvalue weighted by Gasteiger charge is 2.23. The molecule has 17 heavy (non-hydrogen) atoms. The summed E-state index contributed by atoms with van der Waals surface area (Å²) in [6.45, 7) is 4.94. The average Bonchev–Trinajstić information content (AvgIpc) is 2.29. The van der Waals surface area contributed by atoms with Crippen LogP contribution in [0.2, 0.25) is 0 Å². The van der Waals surface area contributed by atoms with Crippen molar-refractivity contribution in [3.8, 4) is 0 Å². The molecule has 0 bridgehead atoms. The Labute approximate surface area is 101 Å². The molecule has 0 saturated carbocycles. The zero-order valence-electron chi connectivity index (χ0n) is 9.97. The number of nitrogens with two attached hydrogens (primary N) is 1. The van der Waals surface area contributed by atoms with E-state index in [1.165, 1.54) is 12.3 Å². The largest absolute Gasteiger partial charge is 0.374 e. The van der Waals surface area contributed by atoms with Crippen LogP contribution in [-0.4, -0.2) is 41.7 Å². The lowest BCUT2D eigenvalue weighted by Crippen LogP contribution is -2.49. The van der Waals surface area contributed by atoms with E-state index >= 15 is 0 Å². The molecule has 1 aromatic heterocycles. The van der Waals surface area contributed by atoms with Crippen molar-refractivity contribution in [3.05, 3.63) is 29.8 Å². The average molecular weight is 239 g/mol. The lowest BCUT2D eigenvalue weighted by Gasteiger charge is -2.34. The third-order valence-electron chi connectivity index (χ3n) is 2.93. The van der Waals surface area contributed by atoms with Crippen molar-refractivity contribution in [2.24, 2.45) is 5.73 Å². The summed E-state index contributed by atoms with van der Waals surface area (Å²) in [5.74, 6) is -0.292. The van der Waals surface area contributed by atoms with E-state index in [0.717, 1.165) is 18.7 Å². The highest BCUT2D eigenvalue weighted by molar-refractivity contribution is 5.10. The quantitative estimate of drug-likeness (QED) is 0.846. The zero-order chi connectivity index (χ0) is 12.3. The first kappa shape index (κ1) is 12.4. The summed E-state index contributed by atoms with van der Waals surface area (Å²) < 4.78 is 18.6. The van der Waals surface area contributed by atoms with E-state index in [2.05, 4.69) is 9.88 Å². The van der Waals surface area contributed by atoms with E-state index in [9.17, 15) is 4.39 Å². The Balaban J connectivity index is 1.94. The van der Waals surface area contributed by atoms with Gasteiger partial charge in [0, 0.05) is 31.9 Å². The molecule has 4 nitrogen and oxygen atoms in total. The first-order valence-electron chi connectivity index (χ1n) is 5.84. The van der Waals surface area contributed by atoms with Gasteiger partial charge in [-0.1, -0.05) is 0 Å². The SMILES string of the molecule is CC(N)C1CN(Cc2cncc(F)c2)CCO1. The van der Waals surface area contributed by atoms with Gasteiger partial charge < -0.3 is 10.5 Å². The summed E-state index contributed by atoms with van der Waals surface area (Å²) in [4.78, 5) is 6.06. The summed E-state index contributed by atoms with van der Waals surface area (Å²) in [5.41, 5.74) is 6.71. The Morgan fingerprint density at radius 1 is 1.65 bits per heavy atom. The molecule has 0 amide bonds. The molecule has 0 radical (unpaired) electrons.